The normalized spacial score (nSPS) is 10.2. The molecule has 0 saturated carbocycles. The number of hydrogen-bond donors (Lipinski definition) is 2. The lowest BCUT2D eigenvalue weighted by atomic mass is 10.3. The van der Waals surface area contributed by atoms with Gasteiger partial charge < -0.3 is 0 Å². The first-order valence-electron chi connectivity index (χ1n) is 4.67. The van der Waals surface area contributed by atoms with Crippen molar-refractivity contribution in [3.05, 3.63) is 46.5 Å². The molecule has 0 bridgehead atoms. The number of benzene rings is 1. The minimum absolute atomic E-state index is 0.255. The summed E-state index contributed by atoms with van der Waals surface area (Å²) in [4.78, 5) is 2.97. The van der Waals surface area contributed by atoms with E-state index in [9.17, 15) is 0 Å². The highest BCUT2D eigenvalue weighted by Crippen LogP contribution is 2.20. The number of nitrogens with zero attached hydrogens (tertiary/aromatic N) is 4. The van der Waals surface area contributed by atoms with Crippen LogP contribution < -0.4 is 0 Å². The van der Waals surface area contributed by atoms with Crippen molar-refractivity contribution in [2.24, 2.45) is 0 Å². The van der Waals surface area contributed by atoms with Crippen LogP contribution >= 0.6 is 11.6 Å². The van der Waals surface area contributed by atoms with E-state index in [1.807, 2.05) is 18.2 Å². The van der Waals surface area contributed by atoms with E-state index in [4.69, 9.17) is 34.5 Å². The third-order valence-corrected chi connectivity index (χ3v) is 2.10. The maximum Gasteiger partial charge on any atom is 0.488 e. The van der Waals surface area contributed by atoms with Crippen molar-refractivity contribution in [1.82, 2.24) is 9.78 Å². The molecule has 2 aromatic rings. The lowest BCUT2D eigenvalue weighted by molar-refractivity contribution is 0.381. The van der Waals surface area contributed by atoms with Crippen LogP contribution in [-0.2, 0) is 10.4 Å². The molecule has 0 aliphatic carbocycles. The Hall–Kier alpha value is -1.99. The Kier molecular flexibility index (Phi) is 4.96. The van der Waals surface area contributed by atoms with E-state index < -0.39 is 10.4 Å². The summed E-state index contributed by atoms with van der Waals surface area (Å²) < 4.78 is 33.1. The Morgan fingerprint density at radius 2 is 1.84 bits per heavy atom. The third kappa shape index (κ3) is 5.45. The quantitative estimate of drug-likeness (QED) is 0.616. The van der Waals surface area contributed by atoms with Crippen molar-refractivity contribution in [3.63, 3.8) is 0 Å². The van der Waals surface area contributed by atoms with Gasteiger partial charge in [0.2, 0.25) is 0 Å². The van der Waals surface area contributed by atoms with Crippen molar-refractivity contribution >= 4 is 27.8 Å². The SMILES string of the molecule is N#[N+]c1ccn(-c2ccccc2Cl)n1.O=S(=O)(O)O. The molecule has 0 radical (unpaired) electrons. The van der Waals surface area contributed by atoms with E-state index in [1.54, 1.807) is 23.0 Å². The predicted octanol–water partition coefficient (Wildman–Crippen LogP) is 2.36. The van der Waals surface area contributed by atoms with E-state index in [2.05, 4.69) is 10.1 Å². The molecule has 1 heterocycles. The Morgan fingerprint density at radius 1 is 1.26 bits per heavy atom. The van der Waals surface area contributed by atoms with Gasteiger partial charge in [-0.05, 0) is 12.1 Å². The maximum absolute atomic E-state index is 8.74. The highest BCUT2D eigenvalue weighted by molar-refractivity contribution is 7.79. The molecule has 1 aromatic carbocycles. The Morgan fingerprint density at radius 3 is 2.32 bits per heavy atom. The van der Waals surface area contributed by atoms with E-state index in [-0.39, 0.29) is 5.82 Å². The molecule has 0 spiro atoms. The molecule has 100 valence electrons. The fourth-order valence-corrected chi connectivity index (χ4v) is 1.36. The second kappa shape index (κ2) is 6.26. The van der Waals surface area contributed by atoms with Gasteiger partial charge in [-0.3, -0.25) is 9.11 Å². The van der Waals surface area contributed by atoms with Crippen LogP contribution in [0.1, 0.15) is 0 Å². The first-order valence-corrected chi connectivity index (χ1v) is 6.44. The van der Waals surface area contributed by atoms with Gasteiger partial charge in [0.1, 0.15) is 5.69 Å². The zero-order chi connectivity index (χ0) is 14.5. The lowest BCUT2D eigenvalue weighted by Gasteiger charge is -1.97. The summed E-state index contributed by atoms with van der Waals surface area (Å²) in [5, 5.41) is 13.1. The van der Waals surface area contributed by atoms with Crippen LogP contribution in [0.4, 0.5) is 5.82 Å². The van der Waals surface area contributed by atoms with Gasteiger partial charge in [-0.15, -0.1) is 4.68 Å². The van der Waals surface area contributed by atoms with Gasteiger partial charge in [0.15, 0.2) is 0 Å². The van der Waals surface area contributed by atoms with E-state index in [0.29, 0.717) is 5.02 Å². The highest BCUT2D eigenvalue weighted by Gasteiger charge is 2.12. The molecule has 2 rings (SSSR count). The predicted molar refractivity (Wildman–Crippen MR) is 67.5 cm³/mol. The Labute approximate surface area is 113 Å². The fourth-order valence-electron chi connectivity index (χ4n) is 1.14. The molecular formula is C9H8ClN4O4S+. The minimum atomic E-state index is -4.67. The molecule has 0 unspecified atom stereocenters. The smallest absolute Gasteiger partial charge is 0.264 e. The second-order valence-electron chi connectivity index (χ2n) is 3.12. The molecule has 2 N–H and O–H groups in total. The van der Waals surface area contributed by atoms with Gasteiger partial charge in [0.25, 0.3) is 0 Å². The average Bonchev–Trinajstić information content (AvgIpc) is 2.76. The van der Waals surface area contributed by atoms with Gasteiger partial charge in [-0.25, -0.2) is 0 Å². The Balaban J connectivity index is 0.000000312. The maximum atomic E-state index is 8.74. The van der Waals surface area contributed by atoms with Gasteiger partial charge in [0.05, 0.1) is 27.8 Å². The average molecular weight is 304 g/mol. The van der Waals surface area contributed by atoms with Crippen LogP contribution in [0.15, 0.2) is 36.5 Å². The standard InChI is InChI=1S/C9H6ClN4.H2O4S/c10-7-3-1-2-4-8(7)14-6-5-9(12-11)13-14;1-5(2,3)4/h1-6H;(H2,1,2,3,4)/q+1;. The zero-order valence-corrected chi connectivity index (χ0v) is 10.8. The molecular weight excluding hydrogens is 296 g/mol. The van der Waals surface area contributed by atoms with E-state index >= 15 is 0 Å². The van der Waals surface area contributed by atoms with Crippen molar-refractivity contribution in [1.29, 1.82) is 5.39 Å². The van der Waals surface area contributed by atoms with Crippen LogP contribution in [0.5, 0.6) is 0 Å². The summed E-state index contributed by atoms with van der Waals surface area (Å²) in [5.41, 5.74) is 0.754. The van der Waals surface area contributed by atoms with E-state index in [1.165, 1.54) is 0 Å². The van der Waals surface area contributed by atoms with Gasteiger partial charge >= 0.3 is 16.2 Å². The van der Waals surface area contributed by atoms with Crippen LogP contribution in [0.25, 0.3) is 10.7 Å². The molecule has 10 heteroatoms. The van der Waals surface area contributed by atoms with Crippen molar-refractivity contribution in [2.75, 3.05) is 0 Å². The second-order valence-corrected chi connectivity index (χ2v) is 4.42. The number of halogens is 1. The summed E-state index contributed by atoms with van der Waals surface area (Å²) in [5.74, 6) is 0.255. The number of aromatic nitrogens is 2. The van der Waals surface area contributed by atoms with Gasteiger partial charge in [-0.2, -0.15) is 8.42 Å². The van der Waals surface area contributed by atoms with Crippen LogP contribution in [0.3, 0.4) is 0 Å². The lowest BCUT2D eigenvalue weighted by Crippen LogP contribution is -1.94. The van der Waals surface area contributed by atoms with Gasteiger partial charge in [0, 0.05) is 4.98 Å². The molecule has 0 aliphatic rings. The number of rotatable bonds is 1. The molecule has 19 heavy (non-hydrogen) atoms. The van der Waals surface area contributed by atoms with Gasteiger partial charge in [-0.1, -0.05) is 23.7 Å². The number of hydrogen-bond acceptors (Lipinski definition) is 4. The number of para-hydroxylation sites is 1. The zero-order valence-electron chi connectivity index (χ0n) is 9.25. The van der Waals surface area contributed by atoms with E-state index in [0.717, 1.165) is 5.69 Å². The molecule has 0 amide bonds. The number of diazo groups is 1. The molecule has 0 atom stereocenters. The molecule has 0 aliphatic heterocycles. The highest BCUT2D eigenvalue weighted by atomic mass is 35.5. The summed E-state index contributed by atoms with van der Waals surface area (Å²) in [6, 6.07) is 8.89. The van der Waals surface area contributed by atoms with Crippen LogP contribution in [0, 0.1) is 5.39 Å². The first-order chi connectivity index (χ1) is 8.81. The molecule has 1 aromatic heterocycles. The Bertz CT molecular complexity index is 699. The first kappa shape index (κ1) is 15.1. The minimum Gasteiger partial charge on any atom is -0.264 e. The summed E-state index contributed by atoms with van der Waals surface area (Å²) in [7, 11) is -4.67. The monoisotopic (exact) mass is 303 g/mol. The van der Waals surface area contributed by atoms with Crippen molar-refractivity contribution in [3.8, 4) is 5.69 Å². The largest absolute Gasteiger partial charge is 0.488 e. The van der Waals surface area contributed by atoms with Crippen molar-refractivity contribution in [2.45, 2.75) is 0 Å². The summed E-state index contributed by atoms with van der Waals surface area (Å²) in [6.45, 7) is 0. The fraction of sp³-hybridized carbons (Fsp3) is 0. The molecule has 0 saturated heterocycles. The third-order valence-electron chi connectivity index (χ3n) is 1.78. The molecule has 0 fully saturated rings. The van der Waals surface area contributed by atoms with Crippen LogP contribution in [0.2, 0.25) is 5.02 Å². The summed E-state index contributed by atoms with van der Waals surface area (Å²) >= 11 is 5.96. The molecule has 8 nitrogen and oxygen atoms in total. The topological polar surface area (TPSA) is 121 Å². The van der Waals surface area contributed by atoms with Crippen molar-refractivity contribution < 1.29 is 17.5 Å². The van der Waals surface area contributed by atoms with Crippen LogP contribution in [-0.4, -0.2) is 27.3 Å². The summed E-state index contributed by atoms with van der Waals surface area (Å²) in [6.07, 6.45) is 1.68.